The second-order valence-corrected chi connectivity index (χ2v) is 9.48. The summed E-state index contributed by atoms with van der Waals surface area (Å²) in [7, 11) is -3.51. The third kappa shape index (κ3) is 3.98. The van der Waals surface area contributed by atoms with E-state index < -0.39 is 15.4 Å². The molecule has 0 bridgehead atoms. The van der Waals surface area contributed by atoms with Gasteiger partial charge in [0.25, 0.3) is 0 Å². The molecular weight excluding hydrogens is 324 g/mol. The minimum absolute atomic E-state index is 0.0768. The van der Waals surface area contributed by atoms with Crippen molar-refractivity contribution in [2.75, 3.05) is 26.2 Å². The monoisotopic (exact) mass is 352 g/mol. The minimum atomic E-state index is -3.51. The average Bonchev–Trinajstić information content (AvgIpc) is 2.74. The molecule has 0 atom stereocenters. The Bertz CT molecular complexity index is 720. The fourth-order valence-corrected chi connectivity index (χ4v) is 4.39. The summed E-state index contributed by atoms with van der Waals surface area (Å²) in [5, 5.41) is 0. The van der Waals surface area contributed by atoms with Crippen LogP contribution in [0.25, 0.3) is 0 Å². The summed E-state index contributed by atoms with van der Waals surface area (Å²) < 4.78 is 27.3. The number of carbonyl (C=O) groups excluding carboxylic acids is 1. The standard InChI is InChI=1S/C18H28N2O3S/c1-14-7-8-16(13-15(14)2)24(22,23)20-10-6-9-19(11-12-20)17(21)18(3,4)5/h7-8,13H,6,9-12H2,1-5H3. The van der Waals surface area contributed by atoms with Gasteiger partial charge >= 0.3 is 0 Å². The lowest BCUT2D eigenvalue weighted by molar-refractivity contribution is -0.139. The molecule has 0 radical (unpaired) electrons. The molecule has 0 saturated carbocycles. The van der Waals surface area contributed by atoms with E-state index in [4.69, 9.17) is 0 Å². The molecule has 2 rings (SSSR count). The van der Waals surface area contributed by atoms with Crippen molar-refractivity contribution in [3.05, 3.63) is 29.3 Å². The van der Waals surface area contributed by atoms with Crippen molar-refractivity contribution in [3.63, 3.8) is 0 Å². The van der Waals surface area contributed by atoms with E-state index in [1.54, 1.807) is 17.0 Å². The Balaban J connectivity index is 2.18. The van der Waals surface area contributed by atoms with Crippen molar-refractivity contribution in [3.8, 4) is 0 Å². The molecule has 1 fully saturated rings. The first-order valence-electron chi connectivity index (χ1n) is 8.40. The minimum Gasteiger partial charge on any atom is -0.341 e. The molecule has 1 aromatic carbocycles. The molecule has 6 heteroatoms. The van der Waals surface area contributed by atoms with Gasteiger partial charge in [0.15, 0.2) is 0 Å². The van der Waals surface area contributed by atoms with E-state index in [9.17, 15) is 13.2 Å². The number of sulfonamides is 1. The Morgan fingerprint density at radius 1 is 1.00 bits per heavy atom. The normalized spacial score (nSPS) is 17.6. The molecule has 1 aromatic rings. The smallest absolute Gasteiger partial charge is 0.243 e. The number of hydrogen-bond acceptors (Lipinski definition) is 3. The maximum atomic E-state index is 12.9. The first-order valence-corrected chi connectivity index (χ1v) is 9.84. The zero-order valence-corrected chi connectivity index (χ0v) is 16.1. The molecule has 0 aliphatic carbocycles. The summed E-state index contributed by atoms with van der Waals surface area (Å²) in [6.07, 6.45) is 0.659. The molecule has 0 N–H and O–H groups in total. The lowest BCUT2D eigenvalue weighted by Crippen LogP contribution is -2.42. The van der Waals surface area contributed by atoms with Gasteiger partial charge in [0, 0.05) is 31.6 Å². The summed E-state index contributed by atoms with van der Waals surface area (Å²) in [6.45, 7) is 11.4. The van der Waals surface area contributed by atoms with E-state index in [1.165, 1.54) is 4.31 Å². The number of carbonyl (C=O) groups is 1. The molecular formula is C18H28N2O3S. The Hall–Kier alpha value is -1.40. The summed E-state index contributed by atoms with van der Waals surface area (Å²) in [4.78, 5) is 14.6. The highest BCUT2D eigenvalue weighted by molar-refractivity contribution is 7.89. The van der Waals surface area contributed by atoms with Crippen LogP contribution in [0.5, 0.6) is 0 Å². The predicted octanol–water partition coefficient (Wildman–Crippen LogP) is 2.57. The molecule has 0 aromatic heterocycles. The van der Waals surface area contributed by atoms with Crippen LogP contribution in [0.2, 0.25) is 0 Å². The zero-order valence-electron chi connectivity index (χ0n) is 15.3. The first-order chi connectivity index (χ1) is 11.0. The van der Waals surface area contributed by atoms with E-state index in [0.29, 0.717) is 37.5 Å². The Morgan fingerprint density at radius 2 is 1.67 bits per heavy atom. The second-order valence-electron chi connectivity index (χ2n) is 7.55. The van der Waals surface area contributed by atoms with Crippen LogP contribution in [0.15, 0.2) is 23.1 Å². The number of nitrogens with zero attached hydrogens (tertiary/aromatic N) is 2. The fraction of sp³-hybridized carbons (Fsp3) is 0.611. The van der Waals surface area contributed by atoms with E-state index in [-0.39, 0.29) is 5.91 Å². The fourth-order valence-electron chi connectivity index (χ4n) is 2.84. The van der Waals surface area contributed by atoms with Crippen LogP contribution in [0, 0.1) is 19.3 Å². The number of amides is 1. The average molecular weight is 353 g/mol. The molecule has 1 aliphatic heterocycles. The highest BCUT2D eigenvalue weighted by Gasteiger charge is 2.32. The lowest BCUT2D eigenvalue weighted by atomic mass is 9.94. The molecule has 1 saturated heterocycles. The van der Waals surface area contributed by atoms with Crippen LogP contribution in [-0.4, -0.2) is 49.7 Å². The van der Waals surface area contributed by atoms with Crippen molar-refractivity contribution in [1.29, 1.82) is 0 Å². The third-order valence-electron chi connectivity index (χ3n) is 4.50. The molecule has 1 heterocycles. The van der Waals surface area contributed by atoms with E-state index >= 15 is 0 Å². The quantitative estimate of drug-likeness (QED) is 0.822. The van der Waals surface area contributed by atoms with Crippen molar-refractivity contribution in [1.82, 2.24) is 9.21 Å². The first kappa shape index (κ1) is 18.9. The van der Waals surface area contributed by atoms with Gasteiger partial charge in [-0.3, -0.25) is 4.79 Å². The maximum absolute atomic E-state index is 12.9. The van der Waals surface area contributed by atoms with Gasteiger partial charge in [-0.2, -0.15) is 4.31 Å². The van der Waals surface area contributed by atoms with Gasteiger partial charge in [0.2, 0.25) is 15.9 Å². The van der Waals surface area contributed by atoms with Crippen LogP contribution >= 0.6 is 0 Å². The Kier molecular flexibility index (Phi) is 5.40. The lowest BCUT2D eigenvalue weighted by Gasteiger charge is -2.28. The van der Waals surface area contributed by atoms with Crippen molar-refractivity contribution >= 4 is 15.9 Å². The van der Waals surface area contributed by atoms with Crippen LogP contribution < -0.4 is 0 Å². The summed E-state index contributed by atoms with van der Waals surface area (Å²) in [5.74, 6) is 0.0768. The van der Waals surface area contributed by atoms with Gasteiger partial charge in [-0.05, 0) is 43.5 Å². The van der Waals surface area contributed by atoms with Crippen molar-refractivity contribution < 1.29 is 13.2 Å². The molecule has 0 unspecified atom stereocenters. The predicted molar refractivity (Wildman–Crippen MR) is 95.3 cm³/mol. The third-order valence-corrected chi connectivity index (χ3v) is 6.39. The van der Waals surface area contributed by atoms with Gasteiger partial charge in [0.1, 0.15) is 0 Å². The number of aryl methyl sites for hydroxylation is 2. The molecule has 24 heavy (non-hydrogen) atoms. The number of hydrogen-bond donors (Lipinski definition) is 0. The largest absolute Gasteiger partial charge is 0.341 e. The van der Waals surface area contributed by atoms with E-state index in [0.717, 1.165) is 11.1 Å². The SMILES string of the molecule is Cc1ccc(S(=O)(=O)N2CCCN(C(=O)C(C)(C)C)CC2)cc1C. The van der Waals surface area contributed by atoms with Gasteiger partial charge < -0.3 is 4.90 Å². The second kappa shape index (κ2) is 6.84. The Labute approximate surface area is 145 Å². The molecule has 5 nitrogen and oxygen atoms in total. The van der Waals surface area contributed by atoms with Gasteiger partial charge in [-0.15, -0.1) is 0 Å². The van der Waals surface area contributed by atoms with E-state index in [2.05, 4.69) is 0 Å². The van der Waals surface area contributed by atoms with Crippen molar-refractivity contribution in [2.45, 2.75) is 45.9 Å². The Morgan fingerprint density at radius 3 is 2.25 bits per heavy atom. The van der Waals surface area contributed by atoms with Gasteiger partial charge in [-0.25, -0.2) is 8.42 Å². The highest BCUT2D eigenvalue weighted by Crippen LogP contribution is 2.22. The van der Waals surface area contributed by atoms with E-state index in [1.807, 2.05) is 40.7 Å². The maximum Gasteiger partial charge on any atom is 0.243 e. The van der Waals surface area contributed by atoms with Crippen LogP contribution in [0.1, 0.15) is 38.3 Å². The summed E-state index contributed by atoms with van der Waals surface area (Å²) >= 11 is 0. The molecule has 0 spiro atoms. The van der Waals surface area contributed by atoms with Crippen LogP contribution in [0.3, 0.4) is 0 Å². The van der Waals surface area contributed by atoms with Crippen LogP contribution in [-0.2, 0) is 14.8 Å². The summed E-state index contributed by atoms with van der Waals surface area (Å²) in [5.41, 5.74) is 1.60. The molecule has 134 valence electrons. The molecule has 1 aliphatic rings. The van der Waals surface area contributed by atoms with Crippen molar-refractivity contribution in [2.24, 2.45) is 5.41 Å². The topological polar surface area (TPSA) is 57.7 Å². The summed E-state index contributed by atoms with van der Waals surface area (Å²) in [6, 6.07) is 5.24. The van der Waals surface area contributed by atoms with Gasteiger partial charge in [0.05, 0.1) is 4.90 Å². The number of benzene rings is 1. The highest BCUT2D eigenvalue weighted by atomic mass is 32.2. The van der Waals surface area contributed by atoms with Crippen LogP contribution in [0.4, 0.5) is 0 Å². The zero-order chi connectivity index (χ0) is 18.1. The molecule has 1 amide bonds. The van der Waals surface area contributed by atoms with Gasteiger partial charge in [-0.1, -0.05) is 26.8 Å². The number of rotatable bonds is 2.